The van der Waals surface area contributed by atoms with Gasteiger partial charge in [-0.05, 0) is 30.2 Å². The maximum Gasteiger partial charge on any atom is 0.354 e. The van der Waals surface area contributed by atoms with Crippen LogP contribution in [-0.2, 0) is 9.53 Å². The van der Waals surface area contributed by atoms with Crippen LogP contribution >= 0.6 is 11.6 Å². The Bertz CT molecular complexity index is 1100. The van der Waals surface area contributed by atoms with E-state index in [1.165, 1.54) is 13.3 Å². The smallest absolute Gasteiger partial charge is 0.354 e. The summed E-state index contributed by atoms with van der Waals surface area (Å²) in [6.45, 7) is 3.71. The number of aromatic nitrogens is 2. The van der Waals surface area contributed by atoms with E-state index in [0.717, 1.165) is 5.56 Å². The zero-order chi connectivity index (χ0) is 23.6. The van der Waals surface area contributed by atoms with Gasteiger partial charge in [-0.25, -0.2) is 14.8 Å². The van der Waals surface area contributed by atoms with Crippen molar-refractivity contribution in [1.82, 2.24) is 9.97 Å². The van der Waals surface area contributed by atoms with Crippen molar-refractivity contribution in [3.05, 3.63) is 51.8 Å². The molecule has 0 amide bonds. The summed E-state index contributed by atoms with van der Waals surface area (Å²) in [5.41, 5.74) is 8.19. The molecular weight excluding hydrogens is 434 g/mol. The molecule has 1 aliphatic rings. The van der Waals surface area contributed by atoms with Crippen LogP contribution in [0.4, 0.5) is 11.6 Å². The Labute approximate surface area is 191 Å². The second kappa shape index (κ2) is 9.54. The molecule has 0 fully saturated rings. The predicted molar refractivity (Wildman–Crippen MR) is 123 cm³/mol. The fourth-order valence-corrected chi connectivity index (χ4v) is 3.71. The highest BCUT2D eigenvalue weighted by Crippen LogP contribution is 2.42. The van der Waals surface area contributed by atoms with Gasteiger partial charge in [-0.3, -0.25) is 0 Å². The van der Waals surface area contributed by atoms with Crippen molar-refractivity contribution in [2.24, 2.45) is 10.7 Å². The molecule has 2 unspecified atom stereocenters. The summed E-state index contributed by atoms with van der Waals surface area (Å²) in [6, 6.07) is 5.15. The summed E-state index contributed by atoms with van der Waals surface area (Å²) in [5, 5.41) is 11.7. The highest BCUT2D eigenvalue weighted by atomic mass is 35.5. The number of hydrogen-bond donors (Lipinski definition) is 2. The van der Waals surface area contributed by atoms with E-state index in [1.807, 2.05) is 21.0 Å². The van der Waals surface area contributed by atoms with Crippen molar-refractivity contribution >= 4 is 34.9 Å². The van der Waals surface area contributed by atoms with Gasteiger partial charge in [0, 0.05) is 30.6 Å². The first-order chi connectivity index (χ1) is 15.2. The van der Waals surface area contributed by atoms with E-state index >= 15 is 0 Å². The molecule has 2 aromatic rings. The van der Waals surface area contributed by atoms with Crippen LogP contribution in [0, 0.1) is 0 Å². The molecule has 0 aliphatic heterocycles. The summed E-state index contributed by atoms with van der Waals surface area (Å²) < 4.78 is 10.5. The Morgan fingerprint density at radius 1 is 1.34 bits per heavy atom. The number of aliphatic imine (C=N–C) groups is 1. The lowest BCUT2D eigenvalue weighted by Gasteiger charge is -2.32. The summed E-state index contributed by atoms with van der Waals surface area (Å²) in [6.07, 6.45) is 0.313. The molecule has 1 heterocycles. The average Bonchev–Trinajstić information content (AvgIpc) is 2.77. The number of aliphatic hydroxyl groups is 1. The van der Waals surface area contributed by atoms with Gasteiger partial charge in [0.1, 0.15) is 17.5 Å². The van der Waals surface area contributed by atoms with E-state index in [1.54, 1.807) is 30.0 Å². The molecule has 0 radical (unpaired) electrons. The quantitative estimate of drug-likeness (QED) is 0.516. The Morgan fingerprint density at radius 2 is 2.06 bits per heavy atom. The molecule has 0 saturated heterocycles. The van der Waals surface area contributed by atoms with Gasteiger partial charge < -0.3 is 25.2 Å². The SMILES string of the molecule is CCOC(=O)C(N)=C1C(=Nc2cnc(N(C)C)nc2OC)C(C)c2cc(Cl)ccc2C1O. The molecule has 0 spiro atoms. The topological polar surface area (TPSA) is 123 Å². The van der Waals surface area contributed by atoms with Crippen molar-refractivity contribution in [2.75, 3.05) is 32.7 Å². The number of rotatable bonds is 5. The number of aliphatic hydroxyl groups excluding tert-OH is 1. The number of esters is 1. The Balaban J connectivity index is 2.26. The highest BCUT2D eigenvalue weighted by Gasteiger charge is 2.36. The highest BCUT2D eigenvalue weighted by molar-refractivity contribution is 6.30. The maximum atomic E-state index is 12.5. The lowest BCUT2D eigenvalue weighted by molar-refractivity contribution is -0.138. The predicted octanol–water partition coefficient (Wildman–Crippen LogP) is 2.90. The van der Waals surface area contributed by atoms with Crippen LogP contribution in [0.1, 0.15) is 37.0 Å². The van der Waals surface area contributed by atoms with E-state index in [9.17, 15) is 9.90 Å². The first-order valence-electron chi connectivity index (χ1n) is 10.0. The molecule has 2 atom stereocenters. The number of halogens is 1. The summed E-state index contributed by atoms with van der Waals surface area (Å²) in [4.78, 5) is 27.5. The number of nitrogens with zero attached hydrogens (tertiary/aromatic N) is 4. The third-order valence-corrected chi connectivity index (χ3v) is 5.35. The standard InChI is InChI=1S/C22H26ClN5O4/c1-6-32-21(30)17(24)16-18(11(2)14-9-12(23)7-8-13(14)19(16)29)26-15-10-25-22(28(3)4)27-20(15)31-5/h7-11,19,29H,6,24H2,1-5H3. The van der Waals surface area contributed by atoms with Gasteiger partial charge in [0.2, 0.25) is 11.8 Å². The minimum Gasteiger partial charge on any atom is -0.479 e. The van der Waals surface area contributed by atoms with Gasteiger partial charge in [0.05, 0.1) is 25.6 Å². The van der Waals surface area contributed by atoms with E-state index < -0.39 is 12.1 Å². The normalized spacial score (nSPS) is 20.5. The molecule has 1 aromatic heterocycles. The minimum atomic E-state index is -1.20. The number of carbonyl (C=O) groups excluding carboxylic acids is 1. The minimum absolute atomic E-state index is 0.144. The Kier molecular flexibility index (Phi) is 7.00. The van der Waals surface area contributed by atoms with Crippen LogP contribution in [0.15, 0.2) is 40.7 Å². The molecular formula is C22H26ClN5O4. The van der Waals surface area contributed by atoms with Crippen LogP contribution in [-0.4, -0.2) is 54.6 Å². The number of ether oxygens (including phenoxy) is 2. The van der Waals surface area contributed by atoms with Crippen molar-refractivity contribution in [2.45, 2.75) is 25.9 Å². The van der Waals surface area contributed by atoms with Crippen LogP contribution in [0.2, 0.25) is 5.02 Å². The number of benzene rings is 1. The van der Waals surface area contributed by atoms with Gasteiger partial charge in [0.25, 0.3) is 0 Å². The van der Waals surface area contributed by atoms with E-state index in [4.69, 9.17) is 31.8 Å². The number of fused-ring (bicyclic) bond motifs is 1. The molecule has 1 aliphatic carbocycles. The number of carbonyl (C=O) groups is 1. The van der Waals surface area contributed by atoms with Crippen molar-refractivity contribution in [1.29, 1.82) is 0 Å². The molecule has 3 N–H and O–H groups in total. The maximum absolute atomic E-state index is 12.5. The number of hydrogen-bond acceptors (Lipinski definition) is 9. The van der Waals surface area contributed by atoms with Crippen molar-refractivity contribution in [3.8, 4) is 5.88 Å². The van der Waals surface area contributed by atoms with Crippen LogP contribution < -0.4 is 15.4 Å². The average molecular weight is 460 g/mol. The zero-order valence-electron chi connectivity index (χ0n) is 18.6. The second-order valence-electron chi connectivity index (χ2n) is 7.40. The molecule has 10 heteroatoms. The second-order valence-corrected chi connectivity index (χ2v) is 7.84. The van der Waals surface area contributed by atoms with Gasteiger partial charge >= 0.3 is 5.97 Å². The third-order valence-electron chi connectivity index (χ3n) is 5.11. The van der Waals surface area contributed by atoms with Crippen LogP contribution in [0.3, 0.4) is 0 Å². The monoisotopic (exact) mass is 459 g/mol. The number of methoxy groups -OCH3 is 1. The van der Waals surface area contributed by atoms with E-state index in [0.29, 0.717) is 27.9 Å². The lowest BCUT2D eigenvalue weighted by atomic mass is 9.76. The fraction of sp³-hybridized carbons (Fsp3) is 0.364. The Morgan fingerprint density at radius 3 is 2.69 bits per heavy atom. The van der Waals surface area contributed by atoms with E-state index in [-0.39, 0.29) is 29.7 Å². The first-order valence-corrected chi connectivity index (χ1v) is 10.4. The van der Waals surface area contributed by atoms with Gasteiger partial charge in [0.15, 0.2) is 0 Å². The number of nitrogens with two attached hydrogens (primary N) is 1. The summed E-state index contributed by atoms with van der Waals surface area (Å²) in [5.74, 6) is -0.399. The molecule has 1 aromatic carbocycles. The Hall–Kier alpha value is -3.17. The molecule has 0 bridgehead atoms. The first kappa shape index (κ1) is 23.5. The van der Waals surface area contributed by atoms with Gasteiger partial charge in [-0.2, -0.15) is 4.98 Å². The van der Waals surface area contributed by atoms with Crippen LogP contribution in [0.25, 0.3) is 0 Å². The van der Waals surface area contributed by atoms with Crippen molar-refractivity contribution < 1.29 is 19.4 Å². The molecule has 9 nitrogen and oxygen atoms in total. The molecule has 170 valence electrons. The zero-order valence-corrected chi connectivity index (χ0v) is 19.3. The molecule has 32 heavy (non-hydrogen) atoms. The van der Waals surface area contributed by atoms with Crippen LogP contribution in [0.5, 0.6) is 5.88 Å². The third kappa shape index (κ3) is 4.39. The largest absolute Gasteiger partial charge is 0.479 e. The summed E-state index contributed by atoms with van der Waals surface area (Å²) >= 11 is 6.21. The van der Waals surface area contributed by atoms with Crippen molar-refractivity contribution in [3.63, 3.8) is 0 Å². The summed E-state index contributed by atoms with van der Waals surface area (Å²) in [7, 11) is 5.09. The number of anilines is 1. The molecule has 3 rings (SSSR count). The van der Waals surface area contributed by atoms with E-state index in [2.05, 4.69) is 9.97 Å². The lowest BCUT2D eigenvalue weighted by Crippen LogP contribution is -2.31. The van der Waals surface area contributed by atoms with Gasteiger partial charge in [-0.15, -0.1) is 0 Å². The van der Waals surface area contributed by atoms with Gasteiger partial charge in [-0.1, -0.05) is 24.6 Å². The molecule has 0 saturated carbocycles. The fourth-order valence-electron chi connectivity index (χ4n) is 3.53.